The predicted molar refractivity (Wildman–Crippen MR) is 140 cm³/mol. The van der Waals surface area contributed by atoms with Crippen LogP contribution in [0.25, 0.3) is 0 Å². The Bertz CT molecular complexity index is 1310. The van der Waals surface area contributed by atoms with Crippen LogP contribution < -0.4 is 11.0 Å². The maximum absolute atomic E-state index is 12.5. The average Bonchev–Trinajstić information content (AvgIpc) is 2.90. The first-order valence-corrected chi connectivity index (χ1v) is 12.2. The smallest absolute Gasteiger partial charge is 0.247 e. The third kappa shape index (κ3) is 7.60. The van der Waals surface area contributed by atoms with Gasteiger partial charge in [0.2, 0.25) is 11.8 Å². The fourth-order valence-corrected chi connectivity index (χ4v) is 3.89. The van der Waals surface area contributed by atoms with Gasteiger partial charge < -0.3 is 9.13 Å². The van der Waals surface area contributed by atoms with E-state index < -0.39 is 0 Å². The van der Waals surface area contributed by atoms with Gasteiger partial charge in [-0.2, -0.15) is 9.98 Å². The molecule has 0 unspecified atom stereocenters. The molecule has 2 aromatic carbocycles. The van der Waals surface area contributed by atoms with Gasteiger partial charge in [-0.3, -0.25) is 9.59 Å². The quantitative estimate of drug-likeness (QED) is 0.332. The summed E-state index contributed by atoms with van der Waals surface area (Å²) in [6.45, 7) is 1.29. The van der Waals surface area contributed by atoms with E-state index in [-0.39, 0.29) is 11.8 Å². The summed E-state index contributed by atoms with van der Waals surface area (Å²) in [5, 5.41) is 0. The summed E-state index contributed by atoms with van der Waals surface area (Å²) in [7, 11) is 0. The van der Waals surface area contributed by atoms with E-state index in [1.165, 1.54) is 0 Å². The molecule has 182 valence electrons. The van der Waals surface area contributed by atoms with Crippen LogP contribution in [0.5, 0.6) is 0 Å². The molecule has 4 aromatic rings. The van der Waals surface area contributed by atoms with Crippen LogP contribution in [0.1, 0.15) is 36.8 Å². The Hall–Kier alpha value is -4.32. The van der Waals surface area contributed by atoms with Gasteiger partial charge in [-0.1, -0.05) is 72.8 Å². The average molecular weight is 479 g/mol. The van der Waals surface area contributed by atoms with Crippen molar-refractivity contribution in [2.24, 2.45) is 9.98 Å². The van der Waals surface area contributed by atoms with Gasteiger partial charge in [0.1, 0.15) is 11.0 Å². The summed E-state index contributed by atoms with van der Waals surface area (Å²) in [6, 6.07) is 31.4. The Morgan fingerprint density at radius 3 is 1.33 bits per heavy atom. The molecular weight excluding hydrogens is 448 g/mol. The number of unbranched alkanes of at least 4 members (excludes halogenated alkanes) is 1. The Morgan fingerprint density at radius 2 is 0.917 bits per heavy atom. The molecular formula is C30H30N4O2. The number of amides is 2. The second kappa shape index (κ2) is 13.0. The lowest BCUT2D eigenvalue weighted by Gasteiger charge is -2.07. The number of aromatic nitrogens is 2. The topological polar surface area (TPSA) is 68.7 Å². The molecule has 0 bridgehead atoms. The molecule has 36 heavy (non-hydrogen) atoms. The minimum absolute atomic E-state index is 0.184. The first-order valence-electron chi connectivity index (χ1n) is 12.2. The number of pyridine rings is 2. The summed E-state index contributed by atoms with van der Waals surface area (Å²) in [5.74, 6) is -0.368. The number of carbonyl (C=O) groups excluding carboxylic acids is 2. The Morgan fingerprint density at radius 1 is 0.528 bits per heavy atom. The van der Waals surface area contributed by atoms with E-state index in [0.29, 0.717) is 49.7 Å². The van der Waals surface area contributed by atoms with Gasteiger partial charge >= 0.3 is 0 Å². The first-order chi connectivity index (χ1) is 17.7. The minimum Gasteiger partial charge on any atom is -0.329 e. The Labute approximate surface area is 210 Å². The largest absolute Gasteiger partial charge is 0.329 e. The molecule has 4 rings (SSSR count). The third-order valence-electron chi connectivity index (χ3n) is 5.73. The van der Waals surface area contributed by atoms with Crippen LogP contribution in [0.4, 0.5) is 0 Å². The molecule has 0 aliphatic rings. The van der Waals surface area contributed by atoms with Crippen LogP contribution in [0.2, 0.25) is 0 Å². The highest BCUT2D eigenvalue weighted by Crippen LogP contribution is 2.04. The van der Waals surface area contributed by atoms with Crippen LogP contribution in [0, 0.1) is 0 Å². The van der Waals surface area contributed by atoms with E-state index in [0.717, 1.165) is 11.1 Å². The number of hydrogen-bond acceptors (Lipinski definition) is 2. The van der Waals surface area contributed by atoms with E-state index in [4.69, 9.17) is 0 Å². The molecule has 0 saturated carbocycles. The van der Waals surface area contributed by atoms with Gasteiger partial charge in [-0.25, -0.2) is 0 Å². The maximum Gasteiger partial charge on any atom is 0.247 e. The number of carbonyl (C=O) groups is 2. The van der Waals surface area contributed by atoms with Crippen LogP contribution in [-0.4, -0.2) is 20.9 Å². The maximum atomic E-state index is 12.5. The Balaban J connectivity index is 1.31. The van der Waals surface area contributed by atoms with Crippen LogP contribution >= 0.6 is 0 Å². The summed E-state index contributed by atoms with van der Waals surface area (Å²) >= 11 is 0. The molecule has 2 heterocycles. The van der Waals surface area contributed by atoms with Crippen LogP contribution in [-0.2, 0) is 22.7 Å². The molecule has 0 fully saturated rings. The highest BCUT2D eigenvalue weighted by atomic mass is 16.1. The van der Waals surface area contributed by atoms with Crippen molar-refractivity contribution >= 4 is 11.8 Å². The van der Waals surface area contributed by atoms with Crippen molar-refractivity contribution in [2.75, 3.05) is 0 Å². The molecule has 2 aromatic heterocycles. The van der Waals surface area contributed by atoms with Crippen molar-refractivity contribution in [2.45, 2.75) is 38.8 Å². The second-order valence-electron chi connectivity index (χ2n) is 8.56. The highest BCUT2D eigenvalue weighted by Gasteiger charge is 2.05. The third-order valence-corrected chi connectivity index (χ3v) is 5.73. The van der Waals surface area contributed by atoms with Gasteiger partial charge in [-0.15, -0.1) is 0 Å². The fourth-order valence-electron chi connectivity index (χ4n) is 3.89. The molecule has 0 aliphatic heterocycles. The molecule has 2 amide bonds. The van der Waals surface area contributed by atoms with Crippen LogP contribution in [0.3, 0.4) is 0 Å². The van der Waals surface area contributed by atoms with Crippen LogP contribution in [0.15, 0.2) is 119 Å². The number of rotatable bonds is 9. The van der Waals surface area contributed by atoms with Gasteiger partial charge in [0.05, 0.1) is 0 Å². The zero-order chi connectivity index (χ0) is 25.0. The first kappa shape index (κ1) is 24.8. The van der Waals surface area contributed by atoms with Crippen molar-refractivity contribution in [1.29, 1.82) is 0 Å². The lowest BCUT2D eigenvalue weighted by atomic mass is 10.2. The lowest BCUT2D eigenvalue weighted by molar-refractivity contribution is -0.120. The van der Waals surface area contributed by atoms with Gasteiger partial charge in [-0.05, 0) is 48.2 Å². The lowest BCUT2D eigenvalue weighted by Crippen LogP contribution is -2.22. The van der Waals surface area contributed by atoms with E-state index in [9.17, 15) is 9.59 Å². The van der Waals surface area contributed by atoms with E-state index >= 15 is 0 Å². The summed E-state index contributed by atoms with van der Waals surface area (Å²) in [6.07, 6.45) is 5.63. The molecule has 0 saturated heterocycles. The van der Waals surface area contributed by atoms with Gasteiger partial charge in [0.15, 0.2) is 0 Å². The van der Waals surface area contributed by atoms with Crippen molar-refractivity contribution in [3.8, 4) is 0 Å². The van der Waals surface area contributed by atoms with E-state index in [1.54, 1.807) is 0 Å². The summed E-state index contributed by atoms with van der Waals surface area (Å²) in [5.41, 5.74) is 3.54. The number of benzene rings is 2. The Kier molecular flexibility index (Phi) is 8.92. The van der Waals surface area contributed by atoms with Crippen molar-refractivity contribution < 1.29 is 9.59 Å². The number of nitrogens with zero attached hydrogens (tertiary/aromatic N) is 4. The minimum atomic E-state index is -0.184. The molecule has 0 spiro atoms. The molecule has 0 N–H and O–H groups in total. The SMILES string of the molecule is O=C(CCCCC(=O)N=c1ccccn1Cc1ccccc1)N=c1ccccn1Cc1ccccc1. The van der Waals surface area contributed by atoms with E-state index in [2.05, 4.69) is 9.98 Å². The zero-order valence-corrected chi connectivity index (χ0v) is 20.2. The van der Waals surface area contributed by atoms with Gasteiger partial charge in [0.25, 0.3) is 0 Å². The normalized spacial score (nSPS) is 12.0. The standard InChI is InChI=1S/C30H30N4O2/c35-29(31-27-17-9-11-21-33(27)23-25-13-3-1-4-14-25)19-7-8-20-30(36)32-28-18-10-12-22-34(28)24-26-15-5-2-6-16-26/h1-6,9-18,21-22H,7-8,19-20,23-24H2. The van der Waals surface area contributed by atoms with Crippen molar-refractivity contribution in [1.82, 2.24) is 9.13 Å². The molecule has 6 nitrogen and oxygen atoms in total. The second-order valence-corrected chi connectivity index (χ2v) is 8.56. The highest BCUT2D eigenvalue weighted by molar-refractivity contribution is 5.78. The van der Waals surface area contributed by atoms with E-state index in [1.807, 2.05) is 119 Å². The molecule has 0 atom stereocenters. The molecule has 6 heteroatoms. The monoisotopic (exact) mass is 478 g/mol. The summed E-state index contributed by atoms with van der Waals surface area (Å²) < 4.78 is 3.92. The molecule has 0 radical (unpaired) electrons. The van der Waals surface area contributed by atoms with Crippen molar-refractivity contribution in [3.05, 3.63) is 132 Å². The fraction of sp³-hybridized carbons (Fsp3) is 0.200. The zero-order valence-electron chi connectivity index (χ0n) is 20.2. The molecule has 0 aliphatic carbocycles. The van der Waals surface area contributed by atoms with Crippen molar-refractivity contribution in [3.63, 3.8) is 0 Å². The predicted octanol–water partition coefficient (Wildman–Crippen LogP) is 4.50. The number of hydrogen-bond donors (Lipinski definition) is 0. The van der Waals surface area contributed by atoms with Gasteiger partial charge in [0, 0.05) is 38.3 Å². The summed E-state index contributed by atoms with van der Waals surface area (Å²) in [4.78, 5) is 33.6.